The molecule has 0 saturated carbocycles. The van der Waals surface area contributed by atoms with Crippen molar-refractivity contribution in [1.82, 2.24) is 4.90 Å². The van der Waals surface area contributed by atoms with Crippen molar-refractivity contribution in [2.24, 2.45) is 0 Å². The molecule has 0 N–H and O–H groups in total. The van der Waals surface area contributed by atoms with Gasteiger partial charge in [-0.15, -0.1) is 0 Å². The van der Waals surface area contributed by atoms with Crippen molar-refractivity contribution in [3.8, 4) is 0 Å². The number of hydrogen-bond acceptors (Lipinski definition) is 1. The van der Waals surface area contributed by atoms with Crippen molar-refractivity contribution in [2.75, 3.05) is 7.05 Å². The quantitative estimate of drug-likeness (QED) is 0.444. The van der Waals surface area contributed by atoms with Crippen LogP contribution in [0.2, 0.25) is 0 Å². The second-order valence-electron chi connectivity index (χ2n) is 2.32. The average Bonchev–Trinajstić information content (AvgIpc) is 1.98. The summed E-state index contributed by atoms with van der Waals surface area (Å²) in [6.07, 6.45) is 4.69. The third-order valence-corrected chi connectivity index (χ3v) is 1.10. The van der Waals surface area contributed by atoms with E-state index in [1.54, 1.807) is 19.3 Å². The molecule has 2 nitrogen and oxygen atoms in total. The Hall–Kier alpha value is -1.31. The Labute approximate surface area is 67.5 Å². The highest BCUT2D eigenvalue weighted by Gasteiger charge is 1.96. The maximum atomic E-state index is 10.9. The van der Waals surface area contributed by atoms with Gasteiger partial charge in [0.1, 0.15) is 0 Å². The maximum Gasteiger partial charge on any atom is 0.249 e. The summed E-state index contributed by atoms with van der Waals surface area (Å²) < 4.78 is 0. The maximum absolute atomic E-state index is 10.9. The molecule has 0 aliphatic carbocycles. The summed E-state index contributed by atoms with van der Waals surface area (Å²) in [5.74, 6) is -0.123. The van der Waals surface area contributed by atoms with Crippen LogP contribution < -0.4 is 0 Å². The Balaban J connectivity index is 4.06. The zero-order chi connectivity index (χ0) is 8.85. The van der Waals surface area contributed by atoms with Gasteiger partial charge >= 0.3 is 0 Å². The van der Waals surface area contributed by atoms with Crippen LogP contribution in [0.15, 0.2) is 37.1 Å². The third-order valence-electron chi connectivity index (χ3n) is 1.10. The summed E-state index contributed by atoms with van der Waals surface area (Å²) in [4.78, 5) is 12.3. The Bertz CT molecular complexity index is 204. The molecular formula is C9H13NO. The Morgan fingerprint density at radius 1 is 1.55 bits per heavy atom. The molecule has 0 spiro atoms. The van der Waals surface area contributed by atoms with E-state index in [0.717, 1.165) is 5.57 Å². The summed E-state index contributed by atoms with van der Waals surface area (Å²) in [7, 11) is 1.67. The van der Waals surface area contributed by atoms with E-state index in [0.29, 0.717) is 0 Å². The molecule has 1 amide bonds. The van der Waals surface area contributed by atoms with Crippen LogP contribution in [0.1, 0.15) is 6.92 Å². The number of amides is 1. The topological polar surface area (TPSA) is 20.3 Å². The Morgan fingerprint density at radius 2 is 2.09 bits per heavy atom. The minimum Gasteiger partial charge on any atom is -0.319 e. The summed E-state index contributed by atoms with van der Waals surface area (Å²) in [5, 5.41) is 0. The number of nitrogens with zero attached hydrogens (tertiary/aromatic N) is 1. The fourth-order valence-electron chi connectivity index (χ4n) is 0.456. The predicted octanol–water partition coefficient (Wildman–Crippen LogP) is 1.72. The number of rotatable bonds is 3. The molecular weight excluding hydrogens is 138 g/mol. The molecule has 0 bridgehead atoms. The van der Waals surface area contributed by atoms with E-state index in [4.69, 9.17) is 0 Å². The fourth-order valence-corrected chi connectivity index (χ4v) is 0.456. The smallest absolute Gasteiger partial charge is 0.249 e. The van der Waals surface area contributed by atoms with Crippen LogP contribution in [0.5, 0.6) is 0 Å². The first-order valence-electron chi connectivity index (χ1n) is 3.31. The van der Waals surface area contributed by atoms with Gasteiger partial charge in [0.25, 0.3) is 0 Å². The van der Waals surface area contributed by atoms with Crippen LogP contribution in [0.3, 0.4) is 0 Å². The van der Waals surface area contributed by atoms with Crippen molar-refractivity contribution < 1.29 is 4.79 Å². The Kier molecular flexibility index (Phi) is 3.96. The molecule has 0 aromatic heterocycles. The van der Waals surface area contributed by atoms with E-state index in [1.165, 1.54) is 11.0 Å². The van der Waals surface area contributed by atoms with Crippen LogP contribution in [0.25, 0.3) is 0 Å². The minimum atomic E-state index is -0.123. The fraction of sp³-hybridized carbons (Fsp3) is 0.222. The van der Waals surface area contributed by atoms with Crippen LogP contribution >= 0.6 is 0 Å². The zero-order valence-corrected chi connectivity index (χ0v) is 7.00. The monoisotopic (exact) mass is 151 g/mol. The molecule has 2 heteroatoms. The second kappa shape index (κ2) is 4.50. The van der Waals surface area contributed by atoms with Gasteiger partial charge in [0.05, 0.1) is 0 Å². The van der Waals surface area contributed by atoms with Gasteiger partial charge in [-0.05, 0) is 19.1 Å². The normalized spacial score (nSPS) is 9.64. The van der Waals surface area contributed by atoms with Gasteiger partial charge in [-0.2, -0.15) is 0 Å². The van der Waals surface area contributed by atoms with E-state index in [9.17, 15) is 4.79 Å². The molecule has 60 valence electrons. The molecule has 0 heterocycles. The third kappa shape index (κ3) is 4.14. The van der Waals surface area contributed by atoms with Crippen molar-refractivity contribution in [2.45, 2.75) is 6.92 Å². The first kappa shape index (κ1) is 9.69. The molecule has 0 aliphatic heterocycles. The van der Waals surface area contributed by atoms with Crippen molar-refractivity contribution in [1.29, 1.82) is 0 Å². The molecule has 0 aliphatic rings. The molecule has 0 aromatic rings. The predicted molar refractivity (Wildman–Crippen MR) is 46.9 cm³/mol. The molecule has 0 saturated heterocycles. The number of carbonyl (C=O) groups is 1. The van der Waals surface area contributed by atoms with Gasteiger partial charge in [0.2, 0.25) is 5.91 Å². The van der Waals surface area contributed by atoms with Crippen molar-refractivity contribution in [3.63, 3.8) is 0 Å². The molecule has 0 fully saturated rings. The molecule has 0 atom stereocenters. The van der Waals surface area contributed by atoms with Gasteiger partial charge in [0.15, 0.2) is 0 Å². The molecule has 11 heavy (non-hydrogen) atoms. The Morgan fingerprint density at radius 3 is 2.45 bits per heavy atom. The van der Waals surface area contributed by atoms with Gasteiger partial charge in [0, 0.05) is 13.2 Å². The number of hydrogen-bond donors (Lipinski definition) is 0. The van der Waals surface area contributed by atoms with E-state index in [-0.39, 0.29) is 5.91 Å². The highest BCUT2D eigenvalue weighted by molar-refractivity contribution is 5.87. The highest BCUT2D eigenvalue weighted by Crippen LogP contribution is 1.92. The SMILES string of the molecule is C=CC(=O)N(C)/C=C\C(=C)C. The standard InChI is InChI=1S/C9H13NO/c1-5-9(11)10(4)7-6-8(2)3/h5-7H,1-2H2,3-4H3/b7-6-. The molecule has 0 unspecified atom stereocenters. The summed E-state index contributed by atoms with van der Waals surface area (Å²) >= 11 is 0. The lowest BCUT2D eigenvalue weighted by molar-refractivity contribution is -0.122. The van der Waals surface area contributed by atoms with Crippen molar-refractivity contribution in [3.05, 3.63) is 37.1 Å². The van der Waals surface area contributed by atoms with E-state index >= 15 is 0 Å². The second-order valence-corrected chi connectivity index (χ2v) is 2.32. The minimum absolute atomic E-state index is 0.123. The lowest BCUT2D eigenvalue weighted by Crippen LogP contribution is -2.17. The summed E-state index contributed by atoms with van der Waals surface area (Å²) in [6, 6.07) is 0. The highest BCUT2D eigenvalue weighted by atomic mass is 16.2. The lowest BCUT2D eigenvalue weighted by Gasteiger charge is -2.07. The van der Waals surface area contributed by atoms with Crippen LogP contribution in [0.4, 0.5) is 0 Å². The zero-order valence-electron chi connectivity index (χ0n) is 7.00. The van der Waals surface area contributed by atoms with Gasteiger partial charge in [-0.25, -0.2) is 0 Å². The molecule has 0 rings (SSSR count). The van der Waals surface area contributed by atoms with Crippen LogP contribution in [-0.2, 0) is 4.79 Å². The van der Waals surface area contributed by atoms with Crippen LogP contribution in [0, 0.1) is 0 Å². The first-order chi connectivity index (χ1) is 5.07. The molecule has 0 aromatic carbocycles. The summed E-state index contributed by atoms with van der Waals surface area (Å²) in [6.45, 7) is 8.89. The first-order valence-corrected chi connectivity index (χ1v) is 3.31. The van der Waals surface area contributed by atoms with Crippen LogP contribution in [-0.4, -0.2) is 17.9 Å². The summed E-state index contributed by atoms with van der Waals surface area (Å²) in [5.41, 5.74) is 0.911. The number of allylic oxidation sites excluding steroid dienone is 2. The number of carbonyl (C=O) groups excluding carboxylic acids is 1. The number of likely N-dealkylation sites (N-methyl/N-ethyl adjacent to an activating group) is 1. The van der Waals surface area contributed by atoms with Gasteiger partial charge < -0.3 is 4.90 Å². The molecule has 0 radical (unpaired) electrons. The van der Waals surface area contributed by atoms with E-state index < -0.39 is 0 Å². The van der Waals surface area contributed by atoms with Crippen molar-refractivity contribution >= 4 is 5.91 Å². The van der Waals surface area contributed by atoms with E-state index in [1.807, 2.05) is 6.92 Å². The van der Waals surface area contributed by atoms with Gasteiger partial charge in [-0.1, -0.05) is 18.7 Å². The largest absolute Gasteiger partial charge is 0.319 e. The lowest BCUT2D eigenvalue weighted by atomic mass is 10.3. The average molecular weight is 151 g/mol. The van der Waals surface area contributed by atoms with E-state index in [2.05, 4.69) is 13.2 Å². The van der Waals surface area contributed by atoms with Gasteiger partial charge in [-0.3, -0.25) is 4.79 Å².